The minimum atomic E-state index is 0.418. The molecule has 0 spiro atoms. The summed E-state index contributed by atoms with van der Waals surface area (Å²) in [4.78, 5) is 17.8. The molecule has 3 heterocycles. The van der Waals surface area contributed by atoms with E-state index in [2.05, 4.69) is 72.1 Å². The van der Waals surface area contributed by atoms with Gasteiger partial charge in [0.1, 0.15) is 5.04 Å². The van der Waals surface area contributed by atoms with Gasteiger partial charge in [0.2, 0.25) is 5.95 Å². The molecule has 6 heteroatoms. The van der Waals surface area contributed by atoms with E-state index in [4.69, 9.17) is 9.98 Å². The minimum absolute atomic E-state index is 0.418. The maximum atomic E-state index is 4.83. The summed E-state index contributed by atoms with van der Waals surface area (Å²) in [6.07, 6.45) is 4.17. The number of thioether (sulfide) groups is 1. The number of anilines is 1. The predicted octanol–water partition coefficient (Wildman–Crippen LogP) is 7.08. The first-order valence-corrected chi connectivity index (χ1v) is 12.0. The lowest BCUT2D eigenvalue weighted by atomic mass is 9.83. The summed E-state index contributed by atoms with van der Waals surface area (Å²) in [7, 11) is 0. The maximum Gasteiger partial charge on any atom is 0.205 e. The number of piperidine rings is 1. The molecule has 1 N–H and O–H groups in total. The fraction of sp³-hybridized carbons (Fsp3) is 0.333. The van der Waals surface area contributed by atoms with Crippen LogP contribution in [0.25, 0.3) is 10.4 Å². The summed E-state index contributed by atoms with van der Waals surface area (Å²) in [5.74, 6) is 1.67. The van der Waals surface area contributed by atoms with Gasteiger partial charge in [0.25, 0.3) is 0 Å². The monoisotopic (exact) mass is 436 g/mol. The van der Waals surface area contributed by atoms with E-state index in [-0.39, 0.29) is 0 Å². The SMILES string of the molecule is C=C/C(=N\c1nc(N2CCC(C)(C)CC2)[nH]c1C)Sc1ccccc1-c1cccs1. The third-order valence-electron chi connectivity index (χ3n) is 5.54. The van der Waals surface area contributed by atoms with Crippen LogP contribution in [0.3, 0.4) is 0 Å². The Bertz CT molecular complexity index is 1040. The lowest BCUT2D eigenvalue weighted by Gasteiger charge is -2.36. The Kier molecular flexibility index (Phi) is 6.16. The molecule has 0 amide bonds. The molecule has 156 valence electrons. The highest BCUT2D eigenvalue weighted by molar-refractivity contribution is 8.14. The van der Waals surface area contributed by atoms with Gasteiger partial charge in [-0.25, -0.2) is 4.99 Å². The number of aromatic amines is 1. The molecule has 3 aromatic rings. The molecule has 4 nitrogen and oxygen atoms in total. The normalized spacial score (nSPS) is 16.6. The van der Waals surface area contributed by atoms with E-state index in [1.54, 1.807) is 23.1 Å². The zero-order chi connectivity index (χ0) is 21.1. The molecule has 2 aromatic heterocycles. The molecule has 1 aliphatic rings. The second-order valence-corrected chi connectivity index (χ2v) is 10.4. The molecule has 0 bridgehead atoms. The fourth-order valence-corrected chi connectivity index (χ4v) is 5.24. The Balaban J connectivity index is 1.56. The van der Waals surface area contributed by atoms with Gasteiger partial charge in [-0.2, -0.15) is 4.98 Å². The van der Waals surface area contributed by atoms with Crippen molar-refractivity contribution in [2.24, 2.45) is 10.4 Å². The standard InChI is InChI=1S/C24H28N4S2/c1-5-21(30-20-10-7-6-9-18(20)19-11-8-16-29-19)26-22-17(2)25-23(27-22)28-14-12-24(3,4)13-15-28/h5-11,16H,1,12-15H2,2-4H3,(H,25,27)/b26-21+. The number of hydrogen-bond donors (Lipinski definition) is 1. The van der Waals surface area contributed by atoms with Crippen molar-refractivity contribution < 1.29 is 0 Å². The maximum absolute atomic E-state index is 4.83. The Hall–Kier alpha value is -2.31. The predicted molar refractivity (Wildman–Crippen MR) is 131 cm³/mol. The van der Waals surface area contributed by atoms with Gasteiger partial charge in [0, 0.05) is 28.4 Å². The van der Waals surface area contributed by atoms with Gasteiger partial charge < -0.3 is 9.88 Å². The van der Waals surface area contributed by atoms with Gasteiger partial charge in [0.05, 0.1) is 5.69 Å². The average Bonchev–Trinajstić information content (AvgIpc) is 3.38. The Morgan fingerprint density at radius 2 is 2.00 bits per heavy atom. The van der Waals surface area contributed by atoms with Gasteiger partial charge >= 0.3 is 0 Å². The number of nitrogens with zero attached hydrogens (tertiary/aromatic N) is 3. The highest BCUT2D eigenvalue weighted by Crippen LogP contribution is 2.36. The van der Waals surface area contributed by atoms with Gasteiger partial charge in [0.15, 0.2) is 5.82 Å². The van der Waals surface area contributed by atoms with Crippen molar-refractivity contribution in [3.63, 3.8) is 0 Å². The second-order valence-electron chi connectivity index (χ2n) is 8.39. The number of aliphatic imine (C=N–C) groups is 1. The summed E-state index contributed by atoms with van der Waals surface area (Å²) in [5.41, 5.74) is 2.63. The number of hydrogen-bond acceptors (Lipinski definition) is 5. The first-order valence-electron chi connectivity index (χ1n) is 10.3. The first kappa shape index (κ1) is 20.9. The third kappa shape index (κ3) is 4.71. The van der Waals surface area contributed by atoms with Crippen LogP contribution in [0.4, 0.5) is 11.8 Å². The Morgan fingerprint density at radius 3 is 2.70 bits per heavy atom. The van der Waals surface area contributed by atoms with E-state index in [0.717, 1.165) is 35.6 Å². The van der Waals surface area contributed by atoms with Crippen LogP contribution in [0.1, 0.15) is 32.4 Å². The van der Waals surface area contributed by atoms with Crippen LogP contribution in [0, 0.1) is 12.3 Å². The van der Waals surface area contributed by atoms with Gasteiger partial charge in [-0.05, 0) is 48.8 Å². The van der Waals surface area contributed by atoms with Crippen LogP contribution in [0.5, 0.6) is 0 Å². The Morgan fingerprint density at radius 1 is 1.23 bits per heavy atom. The van der Waals surface area contributed by atoms with Crippen LogP contribution in [-0.4, -0.2) is 28.1 Å². The summed E-state index contributed by atoms with van der Waals surface area (Å²) < 4.78 is 0. The smallest absolute Gasteiger partial charge is 0.205 e. The molecular weight excluding hydrogens is 408 g/mol. The molecule has 0 unspecified atom stereocenters. The number of nitrogens with one attached hydrogen (secondary N) is 1. The highest BCUT2D eigenvalue weighted by atomic mass is 32.2. The average molecular weight is 437 g/mol. The lowest BCUT2D eigenvalue weighted by molar-refractivity contribution is 0.278. The van der Waals surface area contributed by atoms with Crippen molar-refractivity contribution in [2.75, 3.05) is 18.0 Å². The third-order valence-corrected chi connectivity index (χ3v) is 7.49. The lowest BCUT2D eigenvalue weighted by Crippen LogP contribution is -2.37. The molecular formula is C24H28N4S2. The molecule has 4 rings (SSSR count). The van der Waals surface area contributed by atoms with Crippen LogP contribution < -0.4 is 4.90 Å². The highest BCUT2D eigenvalue weighted by Gasteiger charge is 2.27. The van der Waals surface area contributed by atoms with Gasteiger partial charge in [-0.15, -0.1) is 11.3 Å². The fourth-order valence-electron chi connectivity index (χ4n) is 3.54. The van der Waals surface area contributed by atoms with Gasteiger partial charge in [-0.3, -0.25) is 0 Å². The second kappa shape index (κ2) is 8.82. The summed E-state index contributed by atoms with van der Waals surface area (Å²) in [6, 6.07) is 12.7. The van der Waals surface area contributed by atoms with Crippen molar-refractivity contribution in [1.29, 1.82) is 0 Å². The molecule has 0 radical (unpaired) electrons. The number of thiophene rings is 1. The quantitative estimate of drug-likeness (QED) is 0.264. The van der Waals surface area contributed by atoms with Crippen molar-refractivity contribution in [1.82, 2.24) is 9.97 Å². The molecule has 1 saturated heterocycles. The van der Waals surface area contributed by atoms with E-state index in [1.165, 1.54) is 28.2 Å². The number of imidazole rings is 1. The molecule has 1 aliphatic heterocycles. The van der Waals surface area contributed by atoms with Crippen molar-refractivity contribution >= 4 is 39.9 Å². The molecule has 0 aliphatic carbocycles. The number of aryl methyl sites for hydroxylation is 1. The van der Waals surface area contributed by atoms with Crippen LogP contribution >= 0.6 is 23.1 Å². The van der Waals surface area contributed by atoms with Crippen molar-refractivity contribution in [3.8, 4) is 10.4 Å². The molecule has 0 saturated carbocycles. The van der Waals surface area contributed by atoms with E-state index < -0.39 is 0 Å². The van der Waals surface area contributed by atoms with E-state index in [1.807, 2.05) is 13.0 Å². The summed E-state index contributed by atoms with van der Waals surface area (Å²) in [6.45, 7) is 12.8. The molecule has 1 aromatic carbocycles. The summed E-state index contributed by atoms with van der Waals surface area (Å²) >= 11 is 3.38. The van der Waals surface area contributed by atoms with E-state index in [9.17, 15) is 0 Å². The molecule has 0 atom stereocenters. The van der Waals surface area contributed by atoms with E-state index >= 15 is 0 Å². The molecule has 1 fully saturated rings. The zero-order valence-electron chi connectivity index (χ0n) is 17.8. The van der Waals surface area contributed by atoms with E-state index in [0.29, 0.717) is 5.41 Å². The first-order chi connectivity index (χ1) is 14.4. The van der Waals surface area contributed by atoms with Crippen molar-refractivity contribution in [3.05, 3.63) is 60.1 Å². The topological polar surface area (TPSA) is 44.3 Å². The number of H-pyrrole nitrogens is 1. The number of benzene rings is 1. The Labute approximate surface area is 187 Å². The van der Waals surface area contributed by atoms with Crippen LogP contribution in [0.2, 0.25) is 0 Å². The number of aromatic nitrogens is 2. The van der Waals surface area contributed by atoms with Gasteiger partial charge in [-0.1, -0.05) is 56.5 Å². The van der Waals surface area contributed by atoms with Crippen molar-refractivity contribution in [2.45, 2.75) is 38.5 Å². The summed E-state index contributed by atoms with van der Waals surface area (Å²) in [5, 5.41) is 2.95. The number of rotatable bonds is 5. The minimum Gasteiger partial charge on any atom is -0.342 e. The molecule has 30 heavy (non-hydrogen) atoms. The largest absolute Gasteiger partial charge is 0.342 e. The van der Waals surface area contributed by atoms with Crippen LogP contribution in [0.15, 0.2) is 64.3 Å². The zero-order valence-corrected chi connectivity index (χ0v) is 19.4. The van der Waals surface area contributed by atoms with Crippen LogP contribution in [-0.2, 0) is 0 Å².